The quantitative estimate of drug-likeness (QED) is 0.907. The number of rotatable bonds is 5. The Morgan fingerprint density at radius 1 is 1.16 bits per heavy atom. The van der Waals surface area contributed by atoms with Crippen LogP contribution in [0.15, 0.2) is 24.3 Å². The maximum absolute atomic E-state index is 12.6. The highest BCUT2D eigenvalue weighted by molar-refractivity contribution is 5.91. The predicted octanol–water partition coefficient (Wildman–Crippen LogP) is 3.30. The van der Waals surface area contributed by atoms with Crippen LogP contribution in [-0.2, 0) is 25.9 Å². The van der Waals surface area contributed by atoms with Crippen molar-refractivity contribution in [1.29, 1.82) is 0 Å². The molecule has 1 N–H and O–H groups in total. The van der Waals surface area contributed by atoms with E-state index in [1.165, 1.54) is 12.0 Å². The van der Waals surface area contributed by atoms with Gasteiger partial charge in [-0.3, -0.25) is 4.90 Å². The Kier molecular flexibility index (Phi) is 5.68. The molecule has 0 spiro atoms. The van der Waals surface area contributed by atoms with Gasteiger partial charge >= 0.3 is 6.03 Å². The van der Waals surface area contributed by atoms with Crippen molar-refractivity contribution in [2.45, 2.75) is 59.0 Å². The minimum absolute atomic E-state index is 0.0993. The number of amides is 2. The summed E-state index contributed by atoms with van der Waals surface area (Å²) in [6.45, 7) is 6.03. The molecule has 0 saturated carbocycles. The Morgan fingerprint density at radius 3 is 2.68 bits per heavy atom. The van der Waals surface area contributed by atoms with Crippen LogP contribution in [0.3, 0.4) is 0 Å². The maximum atomic E-state index is 12.6. The molecule has 134 valence electrons. The van der Waals surface area contributed by atoms with E-state index in [-0.39, 0.29) is 6.03 Å². The van der Waals surface area contributed by atoms with Crippen LogP contribution in [0.2, 0.25) is 0 Å². The first-order valence-corrected chi connectivity index (χ1v) is 9.28. The molecule has 0 fully saturated rings. The Balaban J connectivity index is 1.87. The first-order chi connectivity index (χ1) is 12.2. The fraction of sp³-hybridized carbons (Fsp3) is 0.526. The number of fused-ring (bicyclic) bond motifs is 1. The van der Waals surface area contributed by atoms with Crippen molar-refractivity contribution in [2.24, 2.45) is 0 Å². The number of aromatic nitrogens is 3. The smallest absolute Gasteiger partial charge is 0.322 e. The van der Waals surface area contributed by atoms with Crippen LogP contribution < -0.4 is 10.2 Å². The molecule has 0 saturated heterocycles. The van der Waals surface area contributed by atoms with Gasteiger partial charge in [-0.25, -0.2) is 4.79 Å². The minimum Gasteiger partial charge on any atom is -0.338 e. The molecular weight excluding hydrogens is 314 g/mol. The number of urea groups is 1. The van der Waals surface area contributed by atoms with E-state index in [1.807, 2.05) is 19.1 Å². The molecule has 1 aromatic heterocycles. The Bertz CT molecular complexity index is 707. The van der Waals surface area contributed by atoms with Crippen LogP contribution >= 0.6 is 0 Å². The lowest BCUT2D eigenvalue weighted by Crippen LogP contribution is -2.40. The van der Waals surface area contributed by atoms with E-state index in [1.54, 1.807) is 4.90 Å². The summed E-state index contributed by atoms with van der Waals surface area (Å²) in [5, 5.41) is 11.6. The Morgan fingerprint density at radius 2 is 1.96 bits per heavy atom. The molecule has 0 aliphatic carbocycles. The molecule has 1 aromatic carbocycles. The van der Waals surface area contributed by atoms with Gasteiger partial charge in [0.1, 0.15) is 5.82 Å². The van der Waals surface area contributed by atoms with E-state index in [2.05, 4.69) is 39.1 Å². The third-order valence-electron chi connectivity index (χ3n) is 4.72. The summed E-state index contributed by atoms with van der Waals surface area (Å²) in [5.41, 5.74) is 2.14. The minimum atomic E-state index is -0.0993. The largest absolute Gasteiger partial charge is 0.338 e. The van der Waals surface area contributed by atoms with Gasteiger partial charge in [0.05, 0.1) is 6.54 Å². The first kappa shape index (κ1) is 17.5. The van der Waals surface area contributed by atoms with E-state index in [9.17, 15) is 4.79 Å². The van der Waals surface area contributed by atoms with Crippen molar-refractivity contribution < 1.29 is 4.79 Å². The number of hydrogen-bond donors (Lipinski definition) is 1. The van der Waals surface area contributed by atoms with Gasteiger partial charge < -0.3 is 9.88 Å². The molecule has 0 radical (unpaired) electrons. The van der Waals surface area contributed by atoms with Crippen molar-refractivity contribution in [2.75, 3.05) is 11.4 Å². The molecule has 25 heavy (non-hydrogen) atoms. The maximum Gasteiger partial charge on any atom is 0.322 e. The average Bonchev–Trinajstić information content (AvgIpc) is 2.86. The molecular formula is C19H27N5O. The predicted molar refractivity (Wildman–Crippen MR) is 98.7 cm³/mol. The molecule has 2 heterocycles. The highest BCUT2D eigenvalue weighted by atomic mass is 16.2. The normalized spacial score (nSPS) is 13.8. The number of carbonyl (C=O) groups is 1. The van der Waals surface area contributed by atoms with E-state index in [0.29, 0.717) is 13.1 Å². The lowest BCUT2D eigenvalue weighted by Gasteiger charge is -2.23. The molecule has 1 aliphatic rings. The Labute approximate surface area is 149 Å². The van der Waals surface area contributed by atoms with Crippen LogP contribution in [0.25, 0.3) is 0 Å². The number of nitrogens with one attached hydrogen (secondary N) is 1. The third-order valence-corrected chi connectivity index (χ3v) is 4.72. The fourth-order valence-electron chi connectivity index (χ4n) is 3.24. The molecule has 1 aliphatic heterocycles. The molecule has 0 unspecified atom stereocenters. The van der Waals surface area contributed by atoms with Crippen LogP contribution in [0.5, 0.6) is 0 Å². The zero-order valence-corrected chi connectivity index (χ0v) is 15.2. The SMILES string of the molecule is CCNC(=O)N(Cc1nnc2n1CCCCC2)c1ccc(CC)cc1. The standard InChI is InChI=1S/C19H27N5O/c1-3-15-9-11-16(12-10-15)24(19(25)20-4-2)14-18-22-21-17-8-6-5-7-13-23(17)18/h9-12H,3-8,13-14H2,1-2H3,(H,20,25). The summed E-state index contributed by atoms with van der Waals surface area (Å²) in [5.74, 6) is 1.91. The third kappa shape index (κ3) is 4.00. The number of aryl methyl sites for hydroxylation is 2. The van der Waals surface area contributed by atoms with Gasteiger partial charge in [0.25, 0.3) is 0 Å². The van der Waals surface area contributed by atoms with Gasteiger partial charge in [-0.2, -0.15) is 0 Å². The van der Waals surface area contributed by atoms with Gasteiger partial charge in [0.15, 0.2) is 5.82 Å². The number of carbonyl (C=O) groups excluding carboxylic acids is 1. The average molecular weight is 341 g/mol. The number of anilines is 1. The van der Waals surface area contributed by atoms with E-state index in [4.69, 9.17) is 0 Å². The molecule has 2 aromatic rings. The highest BCUT2D eigenvalue weighted by Crippen LogP contribution is 2.20. The van der Waals surface area contributed by atoms with E-state index < -0.39 is 0 Å². The molecule has 3 rings (SSSR count). The number of hydrogen-bond acceptors (Lipinski definition) is 3. The number of nitrogens with zero attached hydrogens (tertiary/aromatic N) is 4. The van der Waals surface area contributed by atoms with E-state index >= 15 is 0 Å². The first-order valence-electron chi connectivity index (χ1n) is 9.28. The monoisotopic (exact) mass is 341 g/mol. The van der Waals surface area contributed by atoms with Crippen LogP contribution in [0, 0.1) is 0 Å². The van der Waals surface area contributed by atoms with Crippen molar-refractivity contribution in [1.82, 2.24) is 20.1 Å². The molecule has 0 bridgehead atoms. The lowest BCUT2D eigenvalue weighted by molar-refractivity contribution is 0.246. The molecule has 6 heteroatoms. The number of benzene rings is 1. The highest BCUT2D eigenvalue weighted by Gasteiger charge is 2.21. The summed E-state index contributed by atoms with van der Waals surface area (Å²) in [6, 6.07) is 8.07. The van der Waals surface area contributed by atoms with Gasteiger partial charge in [0, 0.05) is 25.2 Å². The molecule has 2 amide bonds. The summed E-state index contributed by atoms with van der Waals surface area (Å²) < 4.78 is 2.19. The second-order valence-corrected chi connectivity index (χ2v) is 6.44. The molecule has 0 atom stereocenters. The molecule has 6 nitrogen and oxygen atoms in total. The fourth-order valence-corrected chi connectivity index (χ4v) is 3.24. The van der Waals surface area contributed by atoms with Crippen molar-refractivity contribution in [3.8, 4) is 0 Å². The second kappa shape index (κ2) is 8.14. The van der Waals surface area contributed by atoms with Crippen molar-refractivity contribution in [3.05, 3.63) is 41.5 Å². The Hall–Kier alpha value is -2.37. The van der Waals surface area contributed by atoms with Gasteiger partial charge in [-0.05, 0) is 43.9 Å². The zero-order chi connectivity index (χ0) is 17.6. The van der Waals surface area contributed by atoms with Crippen LogP contribution in [0.4, 0.5) is 10.5 Å². The van der Waals surface area contributed by atoms with Crippen molar-refractivity contribution >= 4 is 11.7 Å². The topological polar surface area (TPSA) is 63.1 Å². The van der Waals surface area contributed by atoms with Gasteiger partial charge in [-0.1, -0.05) is 25.5 Å². The lowest BCUT2D eigenvalue weighted by atomic mass is 10.1. The van der Waals surface area contributed by atoms with Crippen molar-refractivity contribution in [3.63, 3.8) is 0 Å². The second-order valence-electron chi connectivity index (χ2n) is 6.44. The summed E-state index contributed by atoms with van der Waals surface area (Å²) in [7, 11) is 0. The van der Waals surface area contributed by atoms with Crippen LogP contribution in [0.1, 0.15) is 50.3 Å². The summed E-state index contributed by atoms with van der Waals surface area (Å²) >= 11 is 0. The summed E-state index contributed by atoms with van der Waals surface area (Å²) in [6.07, 6.45) is 5.49. The van der Waals surface area contributed by atoms with Gasteiger partial charge in [0.2, 0.25) is 0 Å². The van der Waals surface area contributed by atoms with E-state index in [0.717, 1.165) is 49.6 Å². The van der Waals surface area contributed by atoms with Crippen LogP contribution in [-0.4, -0.2) is 27.3 Å². The summed E-state index contributed by atoms with van der Waals surface area (Å²) in [4.78, 5) is 14.4. The van der Waals surface area contributed by atoms with Gasteiger partial charge in [-0.15, -0.1) is 10.2 Å². The zero-order valence-electron chi connectivity index (χ0n) is 15.2.